The molecule has 1 aliphatic rings. The van der Waals surface area contributed by atoms with Crippen LogP contribution < -0.4 is 9.64 Å². The smallest absolute Gasteiger partial charge is 0.226 e. The van der Waals surface area contributed by atoms with Crippen molar-refractivity contribution in [3.8, 4) is 11.8 Å². The second-order valence-electron chi connectivity index (χ2n) is 6.44. The zero-order valence-corrected chi connectivity index (χ0v) is 16.7. The quantitative estimate of drug-likeness (QED) is 0.727. The molecule has 2 aromatic rings. The Morgan fingerprint density at radius 2 is 1.93 bits per heavy atom. The van der Waals surface area contributed by atoms with E-state index in [0.29, 0.717) is 25.1 Å². The fourth-order valence-electron chi connectivity index (χ4n) is 3.14. The third-order valence-electron chi connectivity index (χ3n) is 4.59. The van der Waals surface area contributed by atoms with Gasteiger partial charge in [0, 0.05) is 36.3 Å². The molecule has 0 bridgehead atoms. The van der Waals surface area contributed by atoms with Crippen molar-refractivity contribution in [1.82, 2.24) is 4.90 Å². The van der Waals surface area contributed by atoms with Gasteiger partial charge in [-0.05, 0) is 48.9 Å². The molecule has 0 aromatic heterocycles. The van der Waals surface area contributed by atoms with E-state index in [2.05, 4.69) is 26.9 Å². The van der Waals surface area contributed by atoms with Gasteiger partial charge in [0.25, 0.3) is 0 Å². The van der Waals surface area contributed by atoms with Gasteiger partial charge in [0.2, 0.25) is 5.91 Å². The predicted molar refractivity (Wildman–Crippen MR) is 109 cm³/mol. The molecular formula is C21H22BrN3O2. The first kappa shape index (κ1) is 19.2. The number of benzene rings is 2. The van der Waals surface area contributed by atoms with Crippen LogP contribution in [0.2, 0.25) is 0 Å². The van der Waals surface area contributed by atoms with Crippen LogP contribution in [-0.4, -0.2) is 43.6 Å². The summed E-state index contributed by atoms with van der Waals surface area (Å²) in [6.45, 7) is 3.55. The lowest BCUT2D eigenvalue weighted by molar-refractivity contribution is -0.131. The third-order valence-corrected chi connectivity index (χ3v) is 5.08. The van der Waals surface area contributed by atoms with E-state index in [0.717, 1.165) is 42.0 Å². The largest absolute Gasteiger partial charge is 0.493 e. The first-order chi connectivity index (χ1) is 13.2. The SMILES string of the molecule is N#Cc1ccc(N2CCCN(C(=O)CCOc3cccc(Br)c3)CC2)cc1. The molecule has 0 unspecified atom stereocenters. The second kappa shape index (κ2) is 9.43. The van der Waals surface area contributed by atoms with Crippen LogP contribution >= 0.6 is 15.9 Å². The minimum atomic E-state index is 0.131. The Balaban J connectivity index is 1.48. The average Bonchev–Trinajstić information content (AvgIpc) is 2.94. The Hall–Kier alpha value is -2.52. The Labute approximate surface area is 168 Å². The number of halogens is 1. The van der Waals surface area contributed by atoms with E-state index >= 15 is 0 Å². The van der Waals surface area contributed by atoms with Crippen molar-refractivity contribution in [1.29, 1.82) is 5.26 Å². The van der Waals surface area contributed by atoms with Crippen LogP contribution in [0, 0.1) is 11.3 Å². The summed E-state index contributed by atoms with van der Waals surface area (Å²) < 4.78 is 6.64. The van der Waals surface area contributed by atoms with Gasteiger partial charge in [-0.3, -0.25) is 4.79 Å². The molecule has 0 saturated carbocycles. The summed E-state index contributed by atoms with van der Waals surface area (Å²) in [5.41, 5.74) is 1.76. The molecule has 0 atom stereocenters. The van der Waals surface area contributed by atoms with Gasteiger partial charge in [-0.15, -0.1) is 0 Å². The molecule has 6 heteroatoms. The number of carbonyl (C=O) groups is 1. The summed E-state index contributed by atoms with van der Waals surface area (Å²) in [6, 6.07) is 17.4. The molecule has 3 rings (SSSR count). The number of amides is 1. The first-order valence-electron chi connectivity index (χ1n) is 9.07. The summed E-state index contributed by atoms with van der Waals surface area (Å²) in [5.74, 6) is 0.895. The number of hydrogen-bond donors (Lipinski definition) is 0. The maximum atomic E-state index is 12.5. The minimum Gasteiger partial charge on any atom is -0.493 e. The van der Waals surface area contributed by atoms with Gasteiger partial charge in [0.15, 0.2) is 0 Å². The van der Waals surface area contributed by atoms with Crippen molar-refractivity contribution in [2.24, 2.45) is 0 Å². The summed E-state index contributed by atoms with van der Waals surface area (Å²) in [6.07, 6.45) is 1.31. The highest BCUT2D eigenvalue weighted by Gasteiger charge is 2.19. The Bertz CT molecular complexity index is 817. The standard InChI is InChI=1S/C21H22BrN3O2/c22-18-3-1-4-20(15-18)27-14-9-21(26)25-11-2-10-24(12-13-25)19-7-5-17(16-23)6-8-19/h1,3-8,15H,2,9-14H2. The summed E-state index contributed by atoms with van der Waals surface area (Å²) in [7, 11) is 0. The number of nitriles is 1. The van der Waals surface area contributed by atoms with E-state index in [-0.39, 0.29) is 5.91 Å². The van der Waals surface area contributed by atoms with Gasteiger partial charge in [-0.2, -0.15) is 5.26 Å². The molecule has 1 aliphatic heterocycles. The molecule has 1 saturated heterocycles. The summed E-state index contributed by atoms with van der Waals surface area (Å²) in [4.78, 5) is 16.7. The van der Waals surface area contributed by atoms with Crippen molar-refractivity contribution in [3.05, 3.63) is 58.6 Å². The zero-order chi connectivity index (χ0) is 19.1. The minimum absolute atomic E-state index is 0.131. The van der Waals surface area contributed by atoms with Gasteiger partial charge >= 0.3 is 0 Å². The monoisotopic (exact) mass is 427 g/mol. The summed E-state index contributed by atoms with van der Waals surface area (Å²) in [5, 5.41) is 8.92. The highest BCUT2D eigenvalue weighted by molar-refractivity contribution is 9.10. The van der Waals surface area contributed by atoms with Crippen LogP contribution in [0.25, 0.3) is 0 Å². The molecule has 1 fully saturated rings. The van der Waals surface area contributed by atoms with E-state index in [1.807, 2.05) is 53.4 Å². The zero-order valence-electron chi connectivity index (χ0n) is 15.1. The predicted octanol–water partition coefficient (Wildman–Crippen LogP) is 3.83. The highest BCUT2D eigenvalue weighted by Crippen LogP contribution is 2.19. The molecular weight excluding hydrogens is 406 g/mol. The van der Waals surface area contributed by atoms with Crippen molar-refractivity contribution >= 4 is 27.5 Å². The maximum Gasteiger partial charge on any atom is 0.226 e. The molecule has 140 valence electrons. The van der Waals surface area contributed by atoms with Gasteiger partial charge in [-0.25, -0.2) is 0 Å². The lowest BCUT2D eigenvalue weighted by Crippen LogP contribution is -2.35. The van der Waals surface area contributed by atoms with Gasteiger partial charge in [-0.1, -0.05) is 22.0 Å². The van der Waals surface area contributed by atoms with Crippen LogP contribution in [0.3, 0.4) is 0 Å². The van der Waals surface area contributed by atoms with E-state index < -0.39 is 0 Å². The van der Waals surface area contributed by atoms with Crippen LogP contribution in [0.1, 0.15) is 18.4 Å². The Morgan fingerprint density at radius 3 is 2.67 bits per heavy atom. The average molecular weight is 428 g/mol. The first-order valence-corrected chi connectivity index (χ1v) is 9.86. The molecule has 0 N–H and O–H groups in total. The molecule has 2 aromatic carbocycles. The van der Waals surface area contributed by atoms with E-state index in [1.54, 1.807) is 0 Å². The van der Waals surface area contributed by atoms with Crippen molar-refractivity contribution in [2.75, 3.05) is 37.7 Å². The van der Waals surface area contributed by atoms with Crippen LogP contribution in [-0.2, 0) is 4.79 Å². The Morgan fingerprint density at radius 1 is 1.11 bits per heavy atom. The lowest BCUT2D eigenvalue weighted by atomic mass is 10.2. The number of ether oxygens (including phenoxy) is 1. The molecule has 0 spiro atoms. The number of hydrogen-bond acceptors (Lipinski definition) is 4. The summed E-state index contributed by atoms with van der Waals surface area (Å²) >= 11 is 3.41. The molecule has 27 heavy (non-hydrogen) atoms. The fourth-order valence-corrected chi connectivity index (χ4v) is 3.52. The molecule has 5 nitrogen and oxygen atoms in total. The van der Waals surface area contributed by atoms with Gasteiger partial charge < -0.3 is 14.5 Å². The van der Waals surface area contributed by atoms with Gasteiger partial charge in [0.05, 0.1) is 24.7 Å². The lowest BCUT2D eigenvalue weighted by Gasteiger charge is -2.24. The molecule has 1 heterocycles. The fraction of sp³-hybridized carbons (Fsp3) is 0.333. The number of anilines is 1. The van der Waals surface area contributed by atoms with Crippen LogP contribution in [0.15, 0.2) is 53.0 Å². The number of carbonyl (C=O) groups excluding carboxylic acids is 1. The van der Waals surface area contributed by atoms with Crippen LogP contribution in [0.5, 0.6) is 5.75 Å². The molecule has 1 amide bonds. The van der Waals surface area contributed by atoms with E-state index in [4.69, 9.17) is 10.00 Å². The highest BCUT2D eigenvalue weighted by atomic mass is 79.9. The van der Waals surface area contributed by atoms with Crippen molar-refractivity contribution < 1.29 is 9.53 Å². The van der Waals surface area contributed by atoms with E-state index in [9.17, 15) is 4.79 Å². The molecule has 0 radical (unpaired) electrons. The number of nitrogens with zero attached hydrogens (tertiary/aromatic N) is 3. The van der Waals surface area contributed by atoms with Crippen molar-refractivity contribution in [2.45, 2.75) is 12.8 Å². The number of rotatable bonds is 5. The van der Waals surface area contributed by atoms with Crippen LogP contribution in [0.4, 0.5) is 5.69 Å². The topological polar surface area (TPSA) is 56.6 Å². The molecule has 0 aliphatic carbocycles. The van der Waals surface area contributed by atoms with Crippen molar-refractivity contribution in [3.63, 3.8) is 0 Å². The van der Waals surface area contributed by atoms with E-state index in [1.165, 1.54) is 0 Å². The normalized spacial score (nSPS) is 14.4. The second-order valence-corrected chi connectivity index (χ2v) is 7.35. The third kappa shape index (κ3) is 5.48. The van der Waals surface area contributed by atoms with Gasteiger partial charge in [0.1, 0.15) is 5.75 Å². The maximum absolute atomic E-state index is 12.5. The Kier molecular flexibility index (Phi) is 6.72.